The molecule has 2 nitrogen and oxygen atoms in total. The van der Waals surface area contributed by atoms with E-state index in [-0.39, 0.29) is 0 Å². The first-order valence-corrected chi connectivity index (χ1v) is 7.17. The van der Waals surface area contributed by atoms with Crippen LogP contribution >= 0.6 is 15.9 Å². The van der Waals surface area contributed by atoms with E-state index in [9.17, 15) is 0 Å². The van der Waals surface area contributed by atoms with Gasteiger partial charge in [0.1, 0.15) is 0 Å². The van der Waals surface area contributed by atoms with Crippen LogP contribution in [0, 0.1) is 0 Å². The summed E-state index contributed by atoms with van der Waals surface area (Å²) in [6.45, 7) is 1.63. The van der Waals surface area contributed by atoms with Crippen molar-refractivity contribution in [1.82, 2.24) is 4.90 Å². The molecule has 1 aromatic rings. The van der Waals surface area contributed by atoms with E-state index < -0.39 is 0 Å². The highest BCUT2D eigenvalue weighted by Crippen LogP contribution is 2.26. The standard InChI is InChI=1S/C14H21BrN2/c1-17(13-4-2-3-5-13)10-12-7-6-11(9-16)8-14(12)15/h6-8,13H,2-5,9-10,16H2,1H3. The van der Waals surface area contributed by atoms with Gasteiger partial charge in [-0.05, 0) is 37.1 Å². The van der Waals surface area contributed by atoms with Crippen LogP contribution in [0.5, 0.6) is 0 Å². The molecule has 0 bridgehead atoms. The van der Waals surface area contributed by atoms with Crippen molar-refractivity contribution >= 4 is 15.9 Å². The molecule has 0 unspecified atom stereocenters. The first kappa shape index (κ1) is 13.1. The van der Waals surface area contributed by atoms with Gasteiger partial charge in [-0.2, -0.15) is 0 Å². The van der Waals surface area contributed by atoms with E-state index in [2.05, 4.69) is 46.1 Å². The molecule has 1 aliphatic rings. The molecule has 94 valence electrons. The number of hydrogen-bond donors (Lipinski definition) is 1. The number of hydrogen-bond acceptors (Lipinski definition) is 2. The summed E-state index contributed by atoms with van der Waals surface area (Å²) in [5.74, 6) is 0. The molecule has 2 rings (SSSR count). The van der Waals surface area contributed by atoms with Gasteiger partial charge in [0.15, 0.2) is 0 Å². The SMILES string of the molecule is CN(Cc1ccc(CN)cc1Br)C1CCCC1. The first-order chi connectivity index (χ1) is 8.20. The van der Waals surface area contributed by atoms with Crippen molar-refractivity contribution in [2.75, 3.05) is 7.05 Å². The van der Waals surface area contributed by atoms with Crippen molar-refractivity contribution in [3.63, 3.8) is 0 Å². The maximum atomic E-state index is 5.64. The second kappa shape index (κ2) is 5.98. The summed E-state index contributed by atoms with van der Waals surface area (Å²) in [5, 5.41) is 0. The highest BCUT2D eigenvalue weighted by atomic mass is 79.9. The number of nitrogens with zero attached hydrogens (tertiary/aromatic N) is 1. The summed E-state index contributed by atoms with van der Waals surface area (Å²) in [7, 11) is 2.24. The molecule has 2 N–H and O–H groups in total. The summed E-state index contributed by atoms with van der Waals surface area (Å²) in [5.41, 5.74) is 8.18. The molecule has 1 fully saturated rings. The molecule has 0 heterocycles. The second-order valence-corrected chi connectivity index (χ2v) is 5.84. The minimum atomic E-state index is 0.608. The second-order valence-electron chi connectivity index (χ2n) is 4.98. The van der Waals surface area contributed by atoms with Crippen LogP contribution in [0.15, 0.2) is 22.7 Å². The third kappa shape index (κ3) is 3.30. The molecule has 3 heteroatoms. The summed E-state index contributed by atoms with van der Waals surface area (Å²) in [4.78, 5) is 2.48. The Morgan fingerprint density at radius 3 is 2.65 bits per heavy atom. The molecule has 0 radical (unpaired) electrons. The summed E-state index contributed by atoms with van der Waals surface area (Å²) in [6, 6.07) is 7.23. The summed E-state index contributed by atoms with van der Waals surface area (Å²) < 4.78 is 1.19. The molecule has 1 aromatic carbocycles. The van der Waals surface area contributed by atoms with Gasteiger partial charge < -0.3 is 5.73 Å². The normalized spacial score (nSPS) is 16.9. The molecule has 0 atom stereocenters. The van der Waals surface area contributed by atoms with Gasteiger partial charge in [-0.25, -0.2) is 0 Å². The van der Waals surface area contributed by atoms with E-state index in [1.54, 1.807) is 0 Å². The molecule has 0 saturated heterocycles. The third-order valence-electron chi connectivity index (χ3n) is 3.72. The van der Waals surface area contributed by atoms with Crippen molar-refractivity contribution in [2.24, 2.45) is 5.73 Å². The maximum absolute atomic E-state index is 5.64. The predicted molar refractivity (Wildman–Crippen MR) is 75.8 cm³/mol. The molecule has 0 amide bonds. The number of rotatable bonds is 4. The Kier molecular flexibility index (Phi) is 4.60. The van der Waals surface area contributed by atoms with Crippen molar-refractivity contribution in [2.45, 2.75) is 44.8 Å². The van der Waals surface area contributed by atoms with Gasteiger partial charge in [0, 0.05) is 23.6 Å². The molecule has 0 aromatic heterocycles. The average molecular weight is 297 g/mol. The van der Waals surface area contributed by atoms with Crippen LogP contribution in [-0.4, -0.2) is 18.0 Å². The number of nitrogens with two attached hydrogens (primary N) is 1. The van der Waals surface area contributed by atoms with Crippen LogP contribution in [-0.2, 0) is 13.1 Å². The molecular formula is C14H21BrN2. The Morgan fingerprint density at radius 1 is 1.35 bits per heavy atom. The molecule has 1 saturated carbocycles. The Labute approximate surface area is 112 Å². The van der Waals surface area contributed by atoms with E-state index in [1.165, 1.54) is 41.3 Å². The molecule has 17 heavy (non-hydrogen) atoms. The minimum absolute atomic E-state index is 0.608. The molecule has 0 aliphatic heterocycles. The molecular weight excluding hydrogens is 276 g/mol. The zero-order chi connectivity index (χ0) is 12.3. The van der Waals surface area contributed by atoms with Crippen LogP contribution in [0.1, 0.15) is 36.8 Å². The fourth-order valence-corrected chi connectivity index (χ4v) is 3.14. The van der Waals surface area contributed by atoms with Gasteiger partial charge in [0.25, 0.3) is 0 Å². The highest BCUT2D eigenvalue weighted by Gasteiger charge is 2.19. The fourth-order valence-electron chi connectivity index (χ4n) is 2.59. The van der Waals surface area contributed by atoms with Crippen LogP contribution in [0.25, 0.3) is 0 Å². The zero-order valence-corrected chi connectivity index (χ0v) is 12.0. The smallest absolute Gasteiger partial charge is 0.0244 e. The maximum Gasteiger partial charge on any atom is 0.0244 e. The van der Waals surface area contributed by atoms with Crippen LogP contribution in [0.4, 0.5) is 0 Å². The lowest BCUT2D eigenvalue weighted by Crippen LogP contribution is -2.28. The van der Waals surface area contributed by atoms with Gasteiger partial charge >= 0.3 is 0 Å². The Balaban J connectivity index is 2.02. The van der Waals surface area contributed by atoms with Gasteiger partial charge in [-0.3, -0.25) is 4.90 Å². The largest absolute Gasteiger partial charge is 0.326 e. The molecule has 0 spiro atoms. The Morgan fingerprint density at radius 2 is 2.06 bits per heavy atom. The van der Waals surface area contributed by atoms with Crippen molar-refractivity contribution in [3.8, 4) is 0 Å². The van der Waals surface area contributed by atoms with E-state index in [1.807, 2.05) is 0 Å². The van der Waals surface area contributed by atoms with Gasteiger partial charge in [-0.15, -0.1) is 0 Å². The Hall–Kier alpha value is -0.380. The first-order valence-electron chi connectivity index (χ1n) is 6.38. The van der Waals surface area contributed by atoms with Crippen molar-refractivity contribution in [3.05, 3.63) is 33.8 Å². The van der Waals surface area contributed by atoms with Crippen LogP contribution in [0.3, 0.4) is 0 Å². The predicted octanol–water partition coefficient (Wildman–Crippen LogP) is 3.28. The lowest BCUT2D eigenvalue weighted by atomic mass is 10.1. The van der Waals surface area contributed by atoms with Crippen LogP contribution < -0.4 is 5.73 Å². The van der Waals surface area contributed by atoms with Crippen molar-refractivity contribution in [1.29, 1.82) is 0 Å². The summed E-state index contributed by atoms with van der Waals surface area (Å²) in [6.07, 6.45) is 5.49. The van der Waals surface area contributed by atoms with Gasteiger partial charge in [-0.1, -0.05) is 40.9 Å². The quantitative estimate of drug-likeness (QED) is 0.924. The number of halogens is 1. The van der Waals surface area contributed by atoms with E-state index in [0.29, 0.717) is 6.54 Å². The lowest BCUT2D eigenvalue weighted by molar-refractivity contribution is 0.237. The Bertz CT molecular complexity index is 372. The van der Waals surface area contributed by atoms with E-state index in [4.69, 9.17) is 5.73 Å². The monoisotopic (exact) mass is 296 g/mol. The van der Waals surface area contributed by atoms with Gasteiger partial charge in [0.2, 0.25) is 0 Å². The van der Waals surface area contributed by atoms with E-state index >= 15 is 0 Å². The molecule has 1 aliphatic carbocycles. The number of benzene rings is 1. The third-order valence-corrected chi connectivity index (χ3v) is 4.46. The van der Waals surface area contributed by atoms with Crippen LogP contribution in [0.2, 0.25) is 0 Å². The zero-order valence-electron chi connectivity index (χ0n) is 10.5. The van der Waals surface area contributed by atoms with E-state index in [0.717, 1.165) is 12.6 Å². The summed E-state index contributed by atoms with van der Waals surface area (Å²) >= 11 is 3.64. The minimum Gasteiger partial charge on any atom is -0.326 e. The highest BCUT2D eigenvalue weighted by molar-refractivity contribution is 9.10. The average Bonchev–Trinajstić information content (AvgIpc) is 2.85. The fraction of sp³-hybridized carbons (Fsp3) is 0.571. The van der Waals surface area contributed by atoms with Gasteiger partial charge in [0.05, 0.1) is 0 Å². The lowest BCUT2D eigenvalue weighted by Gasteiger charge is -2.24. The topological polar surface area (TPSA) is 29.3 Å². The van der Waals surface area contributed by atoms with Crippen molar-refractivity contribution < 1.29 is 0 Å².